The molecule has 0 heterocycles. The average Bonchev–Trinajstić information content (AvgIpc) is 3.01. The Balaban J connectivity index is 1.65. The molecule has 2 amide bonds. The molecule has 0 unspecified atom stereocenters. The molecule has 3 aliphatic rings. The third-order valence-electron chi connectivity index (χ3n) is 9.68. The van der Waals surface area contributed by atoms with Crippen molar-refractivity contribution in [3.63, 3.8) is 0 Å². The van der Waals surface area contributed by atoms with Gasteiger partial charge in [0.15, 0.2) is 11.6 Å². The van der Waals surface area contributed by atoms with Crippen molar-refractivity contribution in [2.24, 2.45) is 17.6 Å². The zero-order valence-electron chi connectivity index (χ0n) is 27.7. The number of hydrogen-bond acceptors (Lipinski definition) is 11. The zero-order chi connectivity index (χ0) is 35.4. The number of nitrogens with zero attached hydrogens (tertiary/aromatic N) is 2. The molecule has 13 nitrogen and oxygen atoms in total. The van der Waals surface area contributed by atoms with E-state index in [1.807, 2.05) is 4.90 Å². The third kappa shape index (κ3) is 5.32. The Hall–Kier alpha value is -5.01. The van der Waals surface area contributed by atoms with Crippen LogP contribution >= 0.6 is 0 Å². The van der Waals surface area contributed by atoms with E-state index < -0.39 is 64.2 Å². The number of allylic oxidation sites excluding steroid dienone is 1. The number of anilines is 1. The van der Waals surface area contributed by atoms with Crippen LogP contribution in [-0.4, -0.2) is 103 Å². The molecule has 48 heavy (non-hydrogen) atoms. The van der Waals surface area contributed by atoms with E-state index in [0.29, 0.717) is 16.8 Å². The van der Waals surface area contributed by atoms with Gasteiger partial charge in [-0.05, 0) is 81.6 Å². The fraction of sp³-hybridized carbons (Fsp3) is 0.400. The second-order valence-corrected chi connectivity index (χ2v) is 12.8. The minimum absolute atomic E-state index is 0.00987. The van der Waals surface area contributed by atoms with Gasteiger partial charge in [0.05, 0.1) is 18.2 Å². The molecule has 6 N–H and O–H groups in total. The van der Waals surface area contributed by atoms with Gasteiger partial charge in [0, 0.05) is 42.4 Å². The molecule has 0 fully saturated rings. The molecule has 2 aromatic rings. The number of phenolic OH excluding ortho intramolecular Hbond substituents is 1. The maximum atomic E-state index is 14.5. The number of amides is 2. The molecule has 0 radical (unpaired) electrons. The molecule has 0 bridgehead atoms. The minimum atomic E-state index is -2.24. The van der Waals surface area contributed by atoms with Crippen LogP contribution in [0.25, 0.3) is 11.1 Å². The van der Waals surface area contributed by atoms with Crippen LogP contribution in [0.5, 0.6) is 5.75 Å². The Morgan fingerprint density at radius 1 is 1.10 bits per heavy atom. The number of nitrogens with two attached hydrogens (primary N) is 1. The number of esters is 1. The Labute approximate surface area is 277 Å². The van der Waals surface area contributed by atoms with E-state index in [1.165, 1.54) is 13.0 Å². The Bertz CT molecular complexity index is 1830. The standard InChI is InChI=1S/C35H40N4O9/c1-7-48-24(40)15-37-34(46)18-10-8-9-17(11-18)20-14-23(38(3)4)21-12-19-13-22-28(39(5)6)31(43)27(33(36)45)32(44)35(22,47)16(2)25(19)30(42)26(21)29(20)41/h8-11,14,19,22,28,41,44,47H,7,12-13,15H2,1-6H3,(H2,36,45)(H,37,46)/t19-,22-,28+,35+/m0/s1. The van der Waals surface area contributed by atoms with Crippen molar-refractivity contribution in [3.05, 3.63) is 69.5 Å². The van der Waals surface area contributed by atoms with Gasteiger partial charge in [0.25, 0.3) is 11.8 Å². The number of primary amides is 1. The molecule has 0 saturated carbocycles. The summed E-state index contributed by atoms with van der Waals surface area (Å²) in [5.41, 5.74) is 4.92. The zero-order valence-corrected chi connectivity index (χ0v) is 27.7. The lowest BCUT2D eigenvalue weighted by Gasteiger charge is -2.51. The fourth-order valence-corrected chi connectivity index (χ4v) is 7.55. The number of hydrogen-bond donors (Lipinski definition) is 5. The van der Waals surface area contributed by atoms with Gasteiger partial charge in [-0.1, -0.05) is 12.1 Å². The number of likely N-dealkylation sites (N-methyl/N-ethyl adjacent to an activating group) is 1. The van der Waals surface area contributed by atoms with Gasteiger partial charge in [0.2, 0.25) is 0 Å². The number of fused-ring (bicyclic) bond motifs is 3. The molecule has 13 heteroatoms. The van der Waals surface area contributed by atoms with Crippen LogP contribution in [0.4, 0.5) is 5.69 Å². The first kappa shape index (κ1) is 34.3. The fourth-order valence-electron chi connectivity index (χ4n) is 7.55. The average molecular weight is 661 g/mol. The van der Waals surface area contributed by atoms with E-state index in [2.05, 4.69) is 5.32 Å². The number of ketones is 2. The number of benzene rings is 2. The van der Waals surface area contributed by atoms with Crippen molar-refractivity contribution in [2.75, 3.05) is 46.2 Å². The molecule has 0 spiro atoms. The highest BCUT2D eigenvalue weighted by molar-refractivity contribution is 6.22. The molecule has 254 valence electrons. The first-order valence-electron chi connectivity index (χ1n) is 15.6. The maximum Gasteiger partial charge on any atom is 0.325 e. The highest BCUT2D eigenvalue weighted by Gasteiger charge is 2.60. The molecule has 3 aliphatic carbocycles. The first-order valence-corrected chi connectivity index (χ1v) is 15.6. The second-order valence-electron chi connectivity index (χ2n) is 12.8. The van der Waals surface area contributed by atoms with Crippen molar-refractivity contribution in [2.45, 2.75) is 38.3 Å². The Morgan fingerprint density at radius 2 is 1.79 bits per heavy atom. The van der Waals surface area contributed by atoms with E-state index in [9.17, 15) is 39.3 Å². The van der Waals surface area contributed by atoms with Gasteiger partial charge in [-0.25, -0.2) is 0 Å². The maximum absolute atomic E-state index is 14.5. The number of carbonyl (C=O) groups excluding carboxylic acids is 5. The lowest BCUT2D eigenvalue weighted by molar-refractivity contribution is -0.141. The van der Waals surface area contributed by atoms with Crippen molar-refractivity contribution in [1.29, 1.82) is 0 Å². The SMILES string of the molecule is CCOC(=O)CNC(=O)c1cccc(-c2cc(N(C)C)c3c(c2O)C(=O)C2=C(C)[C@]4(O)C(O)=C(C(N)=O)C(=O)[C@H](N(C)C)[C@@H]4C[C@@H]2C3)c1. The van der Waals surface area contributed by atoms with Crippen LogP contribution in [0.15, 0.2) is 52.8 Å². The summed E-state index contributed by atoms with van der Waals surface area (Å²) in [6, 6.07) is 7.09. The van der Waals surface area contributed by atoms with E-state index in [4.69, 9.17) is 10.5 Å². The predicted molar refractivity (Wildman–Crippen MR) is 175 cm³/mol. The molecular formula is C35H40N4O9. The summed E-state index contributed by atoms with van der Waals surface area (Å²) in [5.74, 6) is -6.18. The summed E-state index contributed by atoms with van der Waals surface area (Å²) in [4.78, 5) is 68.3. The molecule has 0 aliphatic heterocycles. The van der Waals surface area contributed by atoms with Crippen LogP contribution in [0.3, 0.4) is 0 Å². The Kier molecular flexibility index (Phi) is 8.97. The number of carbonyl (C=O) groups is 5. The van der Waals surface area contributed by atoms with Crippen molar-refractivity contribution >= 4 is 35.0 Å². The van der Waals surface area contributed by atoms with Gasteiger partial charge in [0.1, 0.15) is 29.2 Å². The summed E-state index contributed by atoms with van der Waals surface area (Å²) in [5, 5.41) is 37.7. The monoisotopic (exact) mass is 660 g/mol. The largest absolute Gasteiger partial charge is 0.508 e. The summed E-state index contributed by atoms with van der Waals surface area (Å²) >= 11 is 0. The summed E-state index contributed by atoms with van der Waals surface area (Å²) < 4.78 is 4.86. The van der Waals surface area contributed by atoms with Gasteiger partial charge in [-0.15, -0.1) is 0 Å². The van der Waals surface area contributed by atoms with Crippen LogP contribution in [0.1, 0.15) is 46.5 Å². The van der Waals surface area contributed by atoms with Crippen LogP contribution < -0.4 is 16.0 Å². The normalized spacial score (nSPS) is 23.4. The van der Waals surface area contributed by atoms with Crippen molar-refractivity contribution < 1.29 is 44.0 Å². The lowest BCUT2D eigenvalue weighted by Crippen LogP contribution is -2.62. The Morgan fingerprint density at radius 3 is 2.40 bits per heavy atom. The minimum Gasteiger partial charge on any atom is -0.508 e. The first-order chi connectivity index (χ1) is 22.6. The smallest absolute Gasteiger partial charge is 0.325 e. The number of ether oxygens (including phenoxy) is 1. The molecule has 2 aromatic carbocycles. The second kappa shape index (κ2) is 12.5. The van der Waals surface area contributed by atoms with Gasteiger partial charge in [-0.2, -0.15) is 0 Å². The van der Waals surface area contributed by atoms with Gasteiger partial charge >= 0.3 is 5.97 Å². The lowest BCUT2D eigenvalue weighted by atomic mass is 9.57. The topological polar surface area (TPSA) is 200 Å². The predicted octanol–water partition coefficient (Wildman–Crippen LogP) is 1.65. The molecule has 0 saturated heterocycles. The van der Waals surface area contributed by atoms with Gasteiger partial charge < -0.3 is 36.0 Å². The third-order valence-corrected chi connectivity index (χ3v) is 9.68. The molecular weight excluding hydrogens is 620 g/mol. The summed E-state index contributed by atoms with van der Waals surface area (Å²) in [7, 11) is 6.85. The highest BCUT2D eigenvalue weighted by atomic mass is 16.5. The van der Waals surface area contributed by atoms with E-state index in [1.54, 1.807) is 64.3 Å². The number of rotatable bonds is 8. The summed E-state index contributed by atoms with van der Waals surface area (Å²) in [6.45, 7) is 3.00. The van der Waals surface area contributed by atoms with Gasteiger partial charge in [-0.3, -0.25) is 28.9 Å². The molecule has 0 aromatic heterocycles. The van der Waals surface area contributed by atoms with E-state index in [-0.39, 0.29) is 59.6 Å². The molecule has 5 rings (SSSR count). The summed E-state index contributed by atoms with van der Waals surface area (Å²) in [6.07, 6.45) is 0.400. The number of aliphatic hydroxyl groups is 2. The van der Waals surface area contributed by atoms with E-state index >= 15 is 0 Å². The van der Waals surface area contributed by atoms with Crippen molar-refractivity contribution in [3.8, 4) is 16.9 Å². The number of aromatic hydroxyl groups is 1. The molecule has 4 atom stereocenters. The van der Waals surface area contributed by atoms with Crippen LogP contribution in [0.2, 0.25) is 0 Å². The van der Waals surface area contributed by atoms with Crippen LogP contribution in [-0.2, 0) is 25.5 Å². The van der Waals surface area contributed by atoms with Crippen molar-refractivity contribution in [1.82, 2.24) is 10.2 Å². The number of aliphatic hydroxyl groups excluding tert-OH is 1. The highest BCUT2D eigenvalue weighted by Crippen LogP contribution is 2.55. The number of phenols is 1. The quantitative estimate of drug-likeness (QED) is 0.204. The number of nitrogens with one attached hydrogen (secondary N) is 1. The van der Waals surface area contributed by atoms with Crippen LogP contribution in [0, 0.1) is 11.8 Å². The number of Topliss-reactive ketones (excluding diaryl/α,β-unsaturated/α-hetero) is 2. The van der Waals surface area contributed by atoms with E-state index in [0.717, 1.165) is 0 Å².